The van der Waals surface area contributed by atoms with Crippen molar-refractivity contribution in [1.82, 2.24) is 20.2 Å². The fourth-order valence-corrected chi connectivity index (χ4v) is 4.18. The molecule has 0 radical (unpaired) electrons. The number of nitrogens with zero attached hydrogens (tertiary/aromatic N) is 2. The minimum absolute atomic E-state index is 0.180. The summed E-state index contributed by atoms with van der Waals surface area (Å²) in [5, 5.41) is 6.69. The first-order chi connectivity index (χ1) is 17.1. The summed E-state index contributed by atoms with van der Waals surface area (Å²) in [4.78, 5) is 19.0. The zero-order chi connectivity index (χ0) is 23.8. The monoisotopic (exact) mass is 480 g/mol. The largest absolute Gasteiger partial charge is 0.434 e. The van der Waals surface area contributed by atoms with Gasteiger partial charge in [-0.15, -0.1) is 5.10 Å². The fourth-order valence-electron chi connectivity index (χ4n) is 3.91. The van der Waals surface area contributed by atoms with E-state index in [0.717, 1.165) is 33.3 Å². The zero-order valence-corrected chi connectivity index (χ0v) is 18.9. The van der Waals surface area contributed by atoms with E-state index in [1.165, 1.54) is 0 Å². The highest BCUT2D eigenvalue weighted by Gasteiger charge is 2.12. The fraction of sp³-hybridized carbons (Fsp3) is 0. The molecule has 2 heterocycles. The molecule has 0 aliphatic rings. The van der Waals surface area contributed by atoms with E-state index >= 15 is 0 Å². The average molecular weight is 481 g/mol. The van der Waals surface area contributed by atoms with Crippen molar-refractivity contribution in [2.45, 2.75) is 0 Å². The van der Waals surface area contributed by atoms with Crippen molar-refractivity contribution in [2.24, 2.45) is 0 Å². The molecule has 2 aromatic heterocycles. The quantitative estimate of drug-likeness (QED) is 0.286. The van der Waals surface area contributed by atoms with Crippen LogP contribution in [0.2, 0.25) is 5.02 Å². The first-order valence-electron chi connectivity index (χ1n) is 10.8. The number of benzene rings is 4. The van der Waals surface area contributed by atoms with Gasteiger partial charge in [-0.1, -0.05) is 72.3 Å². The Labute approximate surface area is 204 Å². The van der Waals surface area contributed by atoms with E-state index in [1.807, 2.05) is 30.3 Å². The van der Waals surface area contributed by atoms with Crippen LogP contribution in [0.4, 0.5) is 0 Å². The maximum Gasteiger partial charge on any atom is 0.434 e. The lowest BCUT2D eigenvalue weighted by Crippen LogP contribution is -1.93. The van der Waals surface area contributed by atoms with Gasteiger partial charge < -0.3 is 14.1 Å². The van der Waals surface area contributed by atoms with E-state index in [4.69, 9.17) is 20.8 Å². The van der Waals surface area contributed by atoms with E-state index in [1.54, 1.807) is 24.3 Å². The molecule has 6 rings (SSSR count). The number of ether oxygens (including phenoxy) is 1. The third-order valence-electron chi connectivity index (χ3n) is 5.59. The Balaban J connectivity index is 1.29. The summed E-state index contributed by atoms with van der Waals surface area (Å²) in [7, 11) is 0. The maximum absolute atomic E-state index is 11.2. The highest BCUT2D eigenvalue weighted by atomic mass is 35.5. The second kappa shape index (κ2) is 8.62. The maximum atomic E-state index is 11.2. The van der Waals surface area contributed by atoms with Gasteiger partial charge >= 0.3 is 5.76 Å². The SMILES string of the molecule is O=c1[nH]nc(-c2cccc(Oc3nc4cc(-c5ccc(-c6ccccc6)cc5)c(Cl)cc4[nH]3)c2)o1. The van der Waals surface area contributed by atoms with Crippen LogP contribution in [-0.4, -0.2) is 20.2 Å². The van der Waals surface area contributed by atoms with Crippen molar-refractivity contribution < 1.29 is 9.15 Å². The summed E-state index contributed by atoms with van der Waals surface area (Å²) in [6.07, 6.45) is 0. The van der Waals surface area contributed by atoms with E-state index in [0.29, 0.717) is 22.3 Å². The first kappa shape index (κ1) is 20.9. The molecule has 35 heavy (non-hydrogen) atoms. The van der Waals surface area contributed by atoms with Gasteiger partial charge in [0.1, 0.15) is 5.75 Å². The Bertz CT molecular complexity index is 1700. The summed E-state index contributed by atoms with van der Waals surface area (Å²) in [5.41, 5.74) is 6.25. The normalized spacial score (nSPS) is 11.1. The van der Waals surface area contributed by atoms with Crippen molar-refractivity contribution >= 4 is 22.6 Å². The number of rotatable bonds is 5. The summed E-state index contributed by atoms with van der Waals surface area (Å²) in [6, 6.07) is 29.6. The number of hydrogen-bond acceptors (Lipinski definition) is 5. The molecular formula is C27H17ClN4O3. The number of H-pyrrole nitrogens is 2. The zero-order valence-electron chi connectivity index (χ0n) is 18.2. The first-order valence-corrected chi connectivity index (χ1v) is 11.2. The molecule has 0 fully saturated rings. The predicted octanol–water partition coefficient (Wildman–Crippen LogP) is 6.69. The molecule has 170 valence electrons. The number of nitrogens with one attached hydrogen (secondary N) is 2. The number of fused-ring (bicyclic) bond motifs is 1. The molecule has 0 amide bonds. The molecule has 0 spiro atoms. The van der Waals surface area contributed by atoms with Crippen LogP contribution in [-0.2, 0) is 0 Å². The molecule has 7 nitrogen and oxygen atoms in total. The van der Waals surface area contributed by atoms with Gasteiger partial charge in [0.15, 0.2) is 0 Å². The molecule has 4 aromatic carbocycles. The number of hydrogen-bond donors (Lipinski definition) is 2. The Kier molecular flexibility index (Phi) is 5.16. The van der Waals surface area contributed by atoms with Crippen LogP contribution in [0.5, 0.6) is 11.8 Å². The lowest BCUT2D eigenvalue weighted by atomic mass is 10.00. The van der Waals surface area contributed by atoms with Gasteiger partial charge in [-0.25, -0.2) is 9.89 Å². The van der Waals surface area contributed by atoms with E-state index < -0.39 is 5.76 Å². The van der Waals surface area contributed by atoms with Gasteiger partial charge in [0.25, 0.3) is 6.01 Å². The standard InChI is InChI=1S/C27H17ClN4O3/c28-22-15-24-23(14-21(22)18-11-9-17(10-12-18)16-5-2-1-3-6-16)29-26(30-24)34-20-8-4-7-19(13-20)25-31-32-27(33)35-25/h1-15H,(H,29,30)(H,32,33). The van der Waals surface area contributed by atoms with Gasteiger partial charge in [0, 0.05) is 11.1 Å². The van der Waals surface area contributed by atoms with Crippen LogP contribution in [0.1, 0.15) is 0 Å². The van der Waals surface area contributed by atoms with Gasteiger partial charge in [-0.2, -0.15) is 4.98 Å². The smallest absolute Gasteiger partial charge is 0.426 e. The Morgan fingerprint density at radius 3 is 2.31 bits per heavy atom. The molecule has 0 atom stereocenters. The topological polar surface area (TPSA) is 96.8 Å². The highest BCUT2D eigenvalue weighted by molar-refractivity contribution is 6.34. The summed E-state index contributed by atoms with van der Waals surface area (Å²) in [5.74, 6) is 0.0702. The number of imidazole rings is 1. The van der Waals surface area contributed by atoms with Crippen LogP contribution < -0.4 is 10.5 Å². The van der Waals surface area contributed by atoms with Crippen LogP contribution in [0.15, 0.2) is 100 Å². The molecule has 6 aromatic rings. The molecule has 0 aliphatic carbocycles. The Morgan fingerprint density at radius 2 is 1.54 bits per heavy atom. The van der Waals surface area contributed by atoms with E-state index in [-0.39, 0.29) is 5.89 Å². The lowest BCUT2D eigenvalue weighted by Gasteiger charge is -2.07. The van der Waals surface area contributed by atoms with Gasteiger partial charge in [0.05, 0.1) is 16.1 Å². The van der Waals surface area contributed by atoms with Gasteiger partial charge in [-0.05, 0) is 47.0 Å². The van der Waals surface area contributed by atoms with Crippen LogP contribution in [0.3, 0.4) is 0 Å². The molecule has 0 saturated carbocycles. The van der Waals surface area contributed by atoms with E-state index in [9.17, 15) is 4.79 Å². The predicted molar refractivity (Wildman–Crippen MR) is 135 cm³/mol. The number of aromatic amines is 2. The second-order valence-electron chi connectivity index (χ2n) is 7.88. The average Bonchev–Trinajstić information content (AvgIpc) is 3.49. The van der Waals surface area contributed by atoms with Crippen molar-refractivity contribution in [3.63, 3.8) is 0 Å². The molecular weight excluding hydrogens is 464 g/mol. The molecule has 8 heteroatoms. The second-order valence-corrected chi connectivity index (χ2v) is 8.29. The minimum Gasteiger partial charge on any atom is -0.426 e. The Hall–Kier alpha value is -4.62. The minimum atomic E-state index is -0.619. The molecule has 2 N–H and O–H groups in total. The van der Waals surface area contributed by atoms with Gasteiger partial charge in [0.2, 0.25) is 5.89 Å². The van der Waals surface area contributed by atoms with Crippen LogP contribution in [0.25, 0.3) is 44.7 Å². The summed E-state index contributed by atoms with van der Waals surface area (Å²) >= 11 is 6.62. The third-order valence-corrected chi connectivity index (χ3v) is 5.90. The van der Waals surface area contributed by atoms with Crippen LogP contribution >= 0.6 is 11.6 Å². The van der Waals surface area contributed by atoms with Crippen LogP contribution in [0, 0.1) is 0 Å². The lowest BCUT2D eigenvalue weighted by molar-refractivity contribution is 0.449. The third kappa shape index (κ3) is 4.20. The van der Waals surface area contributed by atoms with Crippen molar-refractivity contribution in [3.8, 4) is 45.5 Å². The van der Waals surface area contributed by atoms with Crippen molar-refractivity contribution in [1.29, 1.82) is 0 Å². The molecule has 0 aliphatic heterocycles. The van der Waals surface area contributed by atoms with E-state index in [2.05, 4.69) is 56.6 Å². The molecule has 0 saturated heterocycles. The molecule has 0 bridgehead atoms. The summed E-state index contributed by atoms with van der Waals surface area (Å²) < 4.78 is 10.9. The molecule has 0 unspecified atom stereocenters. The van der Waals surface area contributed by atoms with Crippen molar-refractivity contribution in [2.75, 3.05) is 0 Å². The number of aromatic nitrogens is 4. The Morgan fingerprint density at radius 1 is 0.800 bits per heavy atom. The highest BCUT2D eigenvalue weighted by Crippen LogP contribution is 2.34. The summed E-state index contributed by atoms with van der Waals surface area (Å²) in [6.45, 7) is 0. The van der Waals surface area contributed by atoms with Crippen molar-refractivity contribution in [3.05, 3.63) is 107 Å². The van der Waals surface area contributed by atoms with Gasteiger partial charge in [-0.3, -0.25) is 0 Å². The number of halogens is 1.